The molecule has 1 aliphatic heterocycles. The van der Waals surface area contributed by atoms with E-state index in [-0.39, 0.29) is 5.69 Å². The van der Waals surface area contributed by atoms with E-state index < -0.39 is 35.0 Å². The molecule has 1 fully saturated rings. The van der Waals surface area contributed by atoms with Crippen molar-refractivity contribution in [2.45, 2.75) is 18.6 Å². The zero-order chi connectivity index (χ0) is 18.4. The number of alkyl halides is 3. The van der Waals surface area contributed by atoms with Crippen LogP contribution in [0.1, 0.15) is 11.1 Å². The molecule has 1 atom stereocenters. The Labute approximate surface area is 140 Å². The number of amides is 3. The minimum atomic E-state index is -5.11. The molecule has 1 heterocycles. The third-order valence-corrected chi connectivity index (χ3v) is 4.02. The van der Waals surface area contributed by atoms with E-state index in [1.165, 1.54) is 12.1 Å². The predicted octanol–water partition coefficient (Wildman–Crippen LogP) is 3.65. The summed E-state index contributed by atoms with van der Waals surface area (Å²) in [6, 6.07) is 7.97. The van der Waals surface area contributed by atoms with Gasteiger partial charge in [-0.1, -0.05) is 29.8 Å². The Morgan fingerprint density at radius 1 is 0.960 bits per heavy atom. The second-order valence-corrected chi connectivity index (χ2v) is 5.66. The summed E-state index contributed by atoms with van der Waals surface area (Å²) < 4.78 is 54.6. The van der Waals surface area contributed by atoms with Crippen LogP contribution in [0, 0.1) is 12.7 Å². The fraction of sp³-hybridized carbons (Fsp3) is 0.176. The second kappa shape index (κ2) is 5.58. The number of nitrogens with one attached hydrogen (secondary N) is 1. The van der Waals surface area contributed by atoms with E-state index in [4.69, 9.17) is 0 Å². The van der Waals surface area contributed by atoms with Crippen LogP contribution in [0.2, 0.25) is 0 Å². The number of imide groups is 1. The van der Waals surface area contributed by atoms with E-state index in [1.54, 1.807) is 24.4 Å². The van der Waals surface area contributed by atoms with Gasteiger partial charge in [-0.05, 0) is 36.8 Å². The molecule has 3 rings (SSSR count). The monoisotopic (exact) mass is 352 g/mol. The summed E-state index contributed by atoms with van der Waals surface area (Å²) in [5.41, 5.74) is -2.99. The topological polar surface area (TPSA) is 49.4 Å². The Morgan fingerprint density at radius 3 is 2.04 bits per heavy atom. The fourth-order valence-corrected chi connectivity index (χ4v) is 2.71. The third kappa shape index (κ3) is 2.54. The highest BCUT2D eigenvalue weighted by atomic mass is 19.4. The number of carbonyl (C=O) groups excluding carboxylic acids is 2. The van der Waals surface area contributed by atoms with Gasteiger partial charge in [0.05, 0.1) is 5.69 Å². The van der Waals surface area contributed by atoms with E-state index in [1.807, 2.05) is 0 Å². The average Bonchev–Trinajstić information content (AvgIpc) is 2.81. The van der Waals surface area contributed by atoms with Crippen LogP contribution in [0.4, 0.5) is 28.0 Å². The summed E-state index contributed by atoms with van der Waals surface area (Å²) in [4.78, 5) is 25.3. The molecule has 4 nitrogen and oxygen atoms in total. The third-order valence-electron chi connectivity index (χ3n) is 4.02. The molecule has 130 valence electrons. The van der Waals surface area contributed by atoms with Crippen molar-refractivity contribution in [2.75, 3.05) is 4.90 Å². The van der Waals surface area contributed by atoms with Crippen molar-refractivity contribution < 1.29 is 27.2 Å². The van der Waals surface area contributed by atoms with Crippen LogP contribution in [-0.2, 0) is 10.3 Å². The lowest BCUT2D eigenvalue weighted by Gasteiger charge is -2.29. The normalized spacial score (nSPS) is 20.8. The van der Waals surface area contributed by atoms with Crippen molar-refractivity contribution in [3.8, 4) is 0 Å². The summed E-state index contributed by atoms with van der Waals surface area (Å²) in [5, 5.41) is 1.75. The van der Waals surface area contributed by atoms with E-state index in [0.717, 1.165) is 29.8 Å². The van der Waals surface area contributed by atoms with Gasteiger partial charge in [-0.3, -0.25) is 4.79 Å². The van der Waals surface area contributed by atoms with Gasteiger partial charge in [-0.15, -0.1) is 0 Å². The highest BCUT2D eigenvalue weighted by molar-refractivity contribution is 6.23. The summed E-state index contributed by atoms with van der Waals surface area (Å²) >= 11 is 0. The standard InChI is InChI=1S/C17H12F4N2O2/c1-10-2-8-13(9-3-10)23-14(24)16(17(19,20)21,22-15(23)25)11-4-6-12(18)7-5-11/h2-9H,1H3,(H,22,25)/t16-/m1/s1. The van der Waals surface area contributed by atoms with Gasteiger partial charge in [0, 0.05) is 0 Å². The molecule has 8 heteroatoms. The number of rotatable bonds is 2. The lowest BCUT2D eigenvalue weighted by Crippen LogP contribution is -2.55. The number of benzene rings is 2. The summed E-state index contributed by atoms with van der Waals surface area (Å²) in [5.74, 6) is -2.24. The van der Waals surface area contributed by atoms with Crippen molar-refractivity contribution in [3.63, 3.8) is 0 Å². The number of urea groups is 1. The van der Waals surface area contributed by atoms with Crippen LogP contribution in [-0.4, -0.2) is 18.1 Å². The number of aryl methyl sites for hydroxylation is 1. The largest absolute Gasteiger partial charge is 0.425 e. The molecule has 1 aliphatic rings. The molecule has 0 saturated carbocycles. The highest BCUT2D eigenvalue weighted by Crippen LogP contribution is 2.44. The maximum Gasteiger partial charge on any atom is 0.425 e. The van der Waals surface area contributed by atoms with Crippen LogP contribution in [0.5, 0.6) is 0 Å². The molecule has 1 saturated heterocycles. The van der Waals surface area contributed by atoms with Crippen LogP contribution in [0.25, 0.3) is 0 Å². The first-order valence-electron chi connectivity index (χ1n) is 7.23. The van der Waals surface area contributed by atoms with Crippen LogP contribution < -0.4 is 10.2 Å². The van der Waals surface area contributed by atoms with Gasteiger partial charge in [0.25, 0.3) is 5.91 Å². The number of anilines is 1. The van der Waals surface area contributed by atoms with E-state index in [2.05, 4.69) is 0 Å². The first kappa shape index (κ1) is 16.9. The zero-order valence-corrected chi connectivity index (χ0v) is 12.9. The Hall–Kier alpha value is -2.90. The number of hydrogen-bond acceptors (Lipinski definition) is 2. The molecule has 2 aromatic rings. The van der Waals surface area contributed by atoms with Gasteiger partial charge >= 0.3 is 12.2 Å². The van der Waals surface area contributed by atoms with Crippen molar-refractivity contribution >= 4 is 17.6 Å². The van der Waals surface area contributed by atoms with Gasteiger partial charge in [0.15, 0.2) is 0 Å². The average molecular weight is 352 g/mol. The molecular weight excluding hydrogens is 340 g/mol. The molecule has 25 heavy (non-hydrogen) atoms. The first-order chi connectivity index (χ1) is 11.7. The molecule has 0 bridgehead atoms. The molecular formula is C17H12F4N2O2. The molecule has 0 spiro atoms. The first-order valence-corrected chi connectivity index (χ1v) is 7.23. The summed E-state index contributed by atoms with van der Waals surface area (Å²) in [7, 11) is 0. The van der Waals surface area contributed by atoms with Crippen molar-refractivity contribution in [2.24, 2.45) is 0 Å². The van der Waals surface area contributed by atoms with Gasteiger partial charge in [0.1, 0.15) is 5.82 Å². The maximum atomic E-state index is 13.8. The quantitative estimate of drug-likeness (QED) is 0.663. The van der Waals surface area contributed by atoms with Crippen molar-refractivity contribution in [3.05, 3.63) is 65.5 Å². The van der Waals surface area contributed by atoms with E-state index in [9.17, 15) is 27.2 Å². The lowest BCUT2D eigenvalue weighted by atomic mass is 9.89. The Balaban J connectivity index is 2.15. The van der Waals surface area contributed by atoms with Gasteiger partial charge < -0.3 is 5.32 Å². The molecule has 3 amide bonds. The van der Waals surface area contributed by atoms with Crippen LogP contribution >= 0.6 is 0 Å². The van der Waals surface area contributed by atoms with Gasteiger partial charge in [-0.25, -0.2) is 14.1 Å². The maximum absolute atomic E-state index is 13.8. The molecule has 0 aliphatic carbocycles. The zero-order valence-electron chi connectivity index (χ0n) is 12.9. The number of carbonyl (C=O) groups is 2. The summed E-state index contributed by atoms with van der Waals surface area (Å²) in [6.45, 7) is 1.76. The van der Waals surface area contributed by atoms with E-state index in [0.29, 0.717) is 4.90 Å². The van der Waals surface area contributed by atoms with Crippen LogP contribution in [0.3, 0.4) is 0 Å². The Bertz CT molecular complexity index is 831. The number of nitrogens with zero attached hydrogens (tertiary/aromatic N) is 1. The molecule has 0 unspecified atom stereocenters. The fourth-order valence-electron chi connectivity index (χ4n) is 2.71. The van der Waals surface area contributed by atoms with Gasteiger partial charge in [-0.2, -0.15) is 13.2 Å². The number of halogens is 4. The molecule has 1 N–H and O–H groups in total. The SMILES string of the molecule is Cc1ccc(N2C(=O)N[C@@](c3ccc(F)cc3)(C(F)(F)F)C2=O)cc1. The molecule has 2 aromatic carbocycles. The predicted molar refractivity (Wildman–Crippen MR) is 81.3 cm³/mol. The van der Waals surface area contributed by atoms with E-state index >= 15 is 0 Å². The highest BCUT2D eigenvalue weighted by Gasteiger charge is 2.68. The molecule has 0 aromatic heterocycles. The minimum absolute atomic E-state index is 0.0151. The minimum Gasteiger partial charge on any atom is -0.311 e. The van der Waals surface area contributed by atoms with Crippen molar-refractivity contribution in [1.82, 2.24) is 5.32 Å². The second-order valence-electron chi connectivity index (χ2n) is 5.66. The lowest BCUT2D eigenvalue weighted by molar-refractivity contribution is -0.195. The number of hydrogen-bond donors (Lipinski definition) is 1. The molecule has 0 radical (unpaired) electrons. The Morgan fingerprint density at radius 2 is 1.52 bits per heavy atom. The summed E-state index contributed by atoms with van der Waals surface area (Å²) in [6.07, 6.45) is -5.11. The van der Waals surface area contributed by atoms with Gasteiger partial charge in [0.2, 0.25) is 5.54 Å². The Kier molecular flexibility index (Phi) is 3.78. The smallest absolute Gasteiger partial charge is 0.311 e. The van der Waals surface area contributed by atoms with Crippen LogP contribution in [0.15, 0.2) is 48.5 Å². The van der Waals surface area contributed by atoms with Crippen molar-refractivity contribution in [1.29, 1.82) is 0 Å².